The van der Waals surface area contributed by atoms with Gasteiger partial charge in [0.15, 0.2) is 0 Å². The second-order valence-corrected chi connectivity index (χ2v) is 9.17. The van der Waals surface area contributed by atoms with Crippen LogP contribution in [-0.2, 0) is 30.5 Å². The van der Waals surface area contributed by atoms with Gasteiger partial charge in [0.05, 0.1) is 18.8 Å². The minimum absolute atomic E-state index is 0.0521. The van der Waals surface area contributed by atoms with Crippen LogP contribution in [0.1, 0.15) is 54.9 Å². The third-order valence-corrected chi connectivity index (χ3v) is 6.16. The summed E-state index contributed by atoms with van der Waals surface area (Å²) in [7, 11) is 1.40. The average Bonchev–Trinajstić information content (AvgIpc) is 2.89. The van der Waals surface area contributed by atoms with Gasteiger partial charge < -0.3 is 37.0 Å². The molecule has 14 heteroatoms. The number of rotatable bonds is 7. The van der Waals surface area contributed by atoms with Gasteiger partial charge >= 0.3 is 5.97 Å². The second kappa shape index (κ2) is 14.4. The van der Waals surface area contributed by atoms with Gasteiger partial charge in [0, 0.05) is 25.6 Å². The SMILES string of the molecule is CCC1NC(=O)c2cccc(c2)CNC(=O)C(CC(=O)O)NC(=O)CNC(=O)C(CCCC(=N)N)N(C)C1=O. The highest BCUT2D eigenvalue weighted by molar-refractivity contribution is 5.99. The number of aliphatic carboxylic acids is 1. The highest BCUT2D eigenvalue weighted by Crippen LogP contribution is 2.13. The highest BCUT2D eigenvalue weighted by Gasteiger charge is 2.32. The van der Waals surface area contributed by atoms with Gasteiger partial charge in [0.2, 0.25) is 23.6 Å². The smallest absolute Gasteiger partial charge is 0.305 e. The molecule has 0 saturated carbocycles. The molecule has 14 nitrogen and oxygen atoms in total. The van der Waals surface area contributed by atoms with Gasteiger partial charge in [-0.15, -0.1) is 0 Å². The van der Waals surface area contributed by atoms with Gasteiger partial charge in [-0.25, -0.2) is 0 Å². The number of likely N-dealkylation sites (N-methyl/N-ethyl adjacent to an activating group) is 1. The van der Waals surface area contributed by atoms with Crippen molar-refractivity contribution in [1.29, 1.82) is 5.41 Å². The van der Waals surface area contributed by atoms with Crippen molar-refractivity contribution >= 4 is 41.3 Å². The zero-order valence-electron chi connectivity index (χ0n) is 21.9. The van der Waals surface area contributed by atoms with E-state index in [1.165, 1.54) is 24.1 Å². The van der Waals surface area contributed by atoms with Crippen LogP contribution in [0.25, 0.3) is 0 Å². The summed E-state index contributed by atoms with van der Waals surface area (Å²) < 4.78 is 0. The monoisotopic (exact) mass is 545 g/mol. The Hall–Kier alpha value is -4.49. The van der Waals surface area contributed by atoms with Crippen LogP contribution in [0.5, 0.6) is 0 Å². The normalized spacial score (nSPS) is 21.5. The summed E-state index contributed by atoms with van der Waals surface area (Å²) >= 11 is 0. The lowest BCUT2D eigenvalue weighted by Crippen LogP contribution is -2.55. The third kappa shape index (κ3) is 9.39. The third-order valence-electron chi connectivity index (χ3n) is 6.16. The summed E-state index contributed by atoms with van der Waals surface area (Å²) in [5, 5.41) is 26.6. The van der Waals surface area contributed by atoms with Gasteiger partial charge in [0.1, 0.15) is 18.1 Å². The summed E-state index contributed by atoms with van der Waals surface area (Å²) in [5.41, 5.74) is 6.18. The van der Waals surface area contributed by atoms with E-state index in [0.29, 0.717) is 12.0 Å². The maximum absolute atomic E-state index is 13.3. The van der Waals surface area contributed by atoms with Gasteiger partial charge in [-0.2, -0.15) is 0 Å². The first-order chi connectivity index (χ1) is 18.4. The van der Waals surface area contributed by atoms with E-state index in [2.05, 4.69) is 21.3 Å². The van der Waals surface area contributed by atoms with Crippen LogP contribution in [0.15, 0.2) is 24.3 Å². The van der Waals surface area contributed by atoms with E-state index in [0.717, 1.165) is 0 Å². The number of amidine groups is 1. The maximum atomic E-state index is 13.3. The molecule has 0 saturated heterocycles. The zero-order valence-corrected chi connectivity index (χ0v) is 21.9. The summed E-state index contributed by atoms with van der Waals surface area (Å²) in [6.45, 7) is 1.07. The first-order valence-corrected chi connectivity index (χ1v) is 12.5. The summed E-state index contributed by atoms with van der Waals surface area (Å²) in [6, 6.07) is 2.86. The Morgan fingerprint density at radius 2 is 1.77 bits per heavy atom. The topological polar surface area (TPSA) is 224 Å². The van der Waals surface area contributed by atoms with Gasteiger partial charge in [-0.3, -0.25) is 34.2 Å². The van der Waals surface area contributed by atoms with Crippen LogP contribution in [0.4, 0.5) is 0 Å². The van der Waals surface area contributed by atoms with Gasteiger partial charge in [-0.1, -0.05) is 19.1 Å². The number of nitrogens with zero attached hydrogens (tertiary/aromatic N) is 1. The minimum Gasteiger partial charge on any atom is -0.481 e. The van der Waals surface area contributed by atoms with Crippen molar-refractivity contribution in [1.82, 2.24) is 26.2 Å². The average molecular weight is 546 g/mol. The number of hydrogen-bond donors (Lipinski definition) is 7. The van der Waals surface area contributed by atoms with Crippen molar-refractivity contribution in [3.8, 4) is 0 Å². The fraction of sp³-hybridized carbons (Fsp3) is 0.480. The van der Waals surface area contributed by atoms with Crippen LogP contribution >= 0.6 is 0 Å². The molecule has 212 valence electrons. The highest BCUT2D eigenvalue weighted by atomic mass is 16.4. The Bertz CT molecular complexity index is 1120. The molecule has 0 aliphatic carbocycles. The quantitative estimate of drug-likeness (QED) is 0.163. The molecule has 0 fully saturated rings. The predicted molar refractivity (Wildman–Crippen MR) is 139 cm³/mol. The van der Waals surface area contributed by atoms with E-state index in [9.17, 15) is 33.9 Å². The van der Waals surface area contributed by atoms with Gasteiger partial charge in [0.25, 0.3) is 5.91 Å². The lowest BCUT2D eigenvalue weighted by atomic mass is 10.0. The number of fused-ring (bicyclic) bond motifs is 2. The Morgan fingerprint density at radius 1 is 1.08 bits per heavy atom. The van der Waals surface area contributed by atoms with Crippen LogP contribution in [0.2, 0.25) is 0 Å². The van der Waals surface area contributed by atoms with E-state index in [-0.39, 0.29) is 37.2 Å². The van der Waals surface area contributed by atoms with Crippen LogP contribution < -0.4 is 27.0 Å². The van der Waals surface area contributed by atoms with Crippen molar-refractivity contribution in [2.24, 2.45) is 5.73 Å². The molecule has 8 N–H and O–H groups in total. The zero-order chi connectivity index (χ0) is 29.1. The Kier molecular flexibility index (Phi) is 11.4. The second-order valence-electron chi connectivity index (χ2n) is 9.17. The standard InChI is InChI=1S/C25H35N7O7/c1-3-16-25(39)32(2)18(8-5-9-19(26)27)24(38)29-13-20(33)30-17(11-21(34)35)23(37)28-12-14-6-4-7-15(10-14)22(36)31-16/h4,6-7,10,16-18H,3,5,8-9,11-13H2,1-2H3,(H3,26,27)(H,28,37)(H,29,38)(H,30,33)(H,31,36)(H,34,35). The molecule has 3 unspecified atom stereocenters. The Morgan fingerprint density at radius 3 is 2.41 bits per heavy atom. The fourth-order valence-corrected chi connectivity index (χ4v) is 4.02. The predicted octanol–water partition coefficient (Wildman–Crippen LogP) is -1.17. The molecule has 1 aromatic rings. The first kappa shape index (κ1) is 30.7. The van der Waals surface area contributed by atoms with Crippen LogP contribution in [-0.4, -0.2) is 83.1 Å². The molecule has 0 spiro atoms. The summed E-state index contributed by atoms with van der Waals surface area (Å²) in [4.78, 5) is 77.0. The number of nitrogens with one attached hydrogen (secondary N) is 5. The maximum Gasteiger partial charge on any atom is 0.305 e. The molecular weight excluding hydrogens is 510 g/mol. The number of carbonyl (C=O) groups excluding carboxylic acids is 5. The Labute approximate surface area is 225 Å². The van der Waals surface area contributed by atoms with E-state index < -0.39 is 66.6 Å². The van der Waals surface area contributed by atoms with Gasteiger partial charge in [-0.05, 0) is 37.0 Å². The number of hydrogen-bond acceptors (Lipinski definition) is 7. The molecule has 2 rings (SSSR count). The molecule has 1 aliphatic rings. The number of carboxylic acids is 1. The molecule has 1 aliphatic heterocycles. The molecule has 0 aromatic heterocycles. The summed E-state index contributed by atoms with van der Waals surface area (Å²) in [6.07, 6.45) is 0.138. The Balaban J connectivity index is 2.41. The first-order valence-electron chi connectivity index (χ1n) is 12.5. The molecule has 0 radical (unpaired) electrons. The molecule has 1 aromatic carbocycles. The summed E-state index contributed by atoms with van der Waals surface area (Å²) in [5.74, 6) is -4.71. The number of benzene rings is 1. The van der Waals surface area contributed by atoms with E-state index in [1.54, 1.807) is 19.1 Å². The van der Waals surface area contributed by atoms with Crippen molar-refractivity contribution < 1.29 is 33.9 Å². The van der Waals surface area contributed by atoms with E-state index >= 15 is 0 Å². The molecule has 3 atom stereocenters. The largest absolute Gasteiger partial charge is 0.481 e. The van der Waals surface area contributed by atoms with E-state index in [1.807, 2.05) is 0 Å². The van der Waals surface area contributed by atoms with E-state index in [4.69, 9.17) is 11.1 Å². The fourth-order valence-electron chi connectivity index (χ4n) is 4.02. The molecular formula is C25H35N7O7. The number of carboxylic acid groups (broad SMARTS) is 1. The number of amides is 5. The number of carbonyl (C=O) groups is 6. The van der Waals surface area contributed by atoms with Crippen molar-refractivity contribution in [2.75, 3.05) is 13.6 Å². The van der Waals surface area contributed by atoms with Crippen LogP contribution in [0, 0.1) is 5.41 Å². The lowest BCUT2D eigenvalue weighted by Gasteiger charge is -2.31. The molecule has 5 amide bonds. The lowest BCUT2D eigenvalue weighted by molar-refractivity contribution is -0.141. The molecule has 2 bridgehead atoms. The minimum atomic E-state index is -1.42. The molecule has 1 heterocycles. The number of nitrogens with two attached hydrogens (primary N) is 1. The van der Waals surface area contributed by atoms with Crippen molar-refractivity contribution in [2.45, 2.75) is 63.7 Å². The van der Waals surface area contributed by atoms with Crippen molar-refractivity contribution in [3.63, 3.8) is 0 Å². The van der Waals surface area contributed by atoms with Crippen molar-refractivity contribution in [3.05, 3.63) is 35.4 Å². The molecule has 39 heavy (non-hydrogen) atoms. The van der Waals surface area contributed by atoms with Crippen LogP contribution in [0.3, 0.4) is 0 Å².